The summed E-state index contributed by atoms with van der Waals surface area (Å²) < 4.78 is 11.3. The van der Waals surface area contributed by atoms with Crippen LogP contribution >= 0.6 is 0 Å². The molecule has 0 aliphatic heterocycles. The highest BCUT2D eigenvalue weighted by molar-refractivity contribution is 5.40. The van der Waals surface area contributed by atoms with Crippen LogP contribution in [0.25, 0.3) is 0 Å². The number of methoxy groups -OCH3 is 1. The third-order valence-corrected chi connectivity index (χ3v) is 3.20. The van der Waals surface area contributed by atoms with Gasteiger partial charge < -0.3 is 14.8 Å². The summed E-state index contributed by atoms with van der Waals surface area (Å²) in [6.45, 7) is 8.99. The van der Waals surface area contributed by atoms with Crippen LogP contribution in [0.1, 0.15) is 37.9 Å². The lowest BCUT2D eigenvalue weighted by atomic mass is 9.90. The van der Waals surface area contributed by atoms with Crippen molar-refractivity contribution in [2.24, 2.45) is 0 Å². The van der Waals surface area contributed by atoms with Crippen molar-refractivity contribution in [2.75, 3.05) is 20.8 Å². The molecule has 0 saturated carbocycles. The summed E-state index contributed by atoms with van der Waals surface area (Å²) in [5.41, 5.74) is 2.07. The van der Waals surface area contributed by atoms with Crippen LogP contribution in [0.4, 0.5) is 0 Å². The van der Waals surface area contributed by atoms with Gasteiger partial charge in [0.25, 0.3) is 0 Å². The Hall–Kier alpha value is -1.06. The quantitative estimate of drug-likeness (QED) is 0.843. The molecule has 3 heteroatoms. The molecule has 1 unspecified atom stereocenters. The maximum absolute atomic E-state index is 5.86. The van der Waals surface area contributed by atoms with Gasteiger partial charge in [0.1, 0.15) is 5.75 Å². The molecular formula is C15H25NO2. The van der Waals surface area contributed by atoms with Gasteiger partial charge in [0.15, 0.2) is 0 Å². The third kappa shape index (κ3) is 3.24. The summed E-state index contributed by atoms with van der Waals surface area (Å²) in [6, 6.07) is 6.31. The maximum Gasteiger partial charge on any atom is 0.123 e. The Balaban J connectivity index is 3.19. The molecule has 0 saturated heterocycles. The molecule has 0 amide bonds. The second-order valence-electron chi connectivity index (χ2n) is 5.00. The summed E-state index contributed by atoms with van der Waals surface area (Å²) in [4.78, 5) is 0. The standard InChI is InChI=1S/C15H25NO2/c1-7-18-15(3,4)14(16-5)12-10-11(2)8-9-13(12)17-6/h8-10,14,16H,7H2,1-6H3. The van der Waals surface area contributed by atoms with E-state index in [9.17, 15) is 0 Å². The van der Waals surface area contributed by atoms with Crippen molar-refractivity contribution in [3.8, 4) is 5.75 Å². The Morgan fingerprint density at radius 2 is 2.00 bits per heavy atom. The van der Waals surface area contributed by atoms with Gasteiger partial charge in [0, 0.05) is 12.2 Å². The van der Waals surface area contributed by atoms with Gasteiger partial charge in [-0.3, -0.25) is 0 Å². The van der Waals surface area contributed by atoms with E-state index in [1.807, 2.05) is 20.0 Å². The average molecular weight is 251 g/mol. The number of benzene rings is 1. The Kier molecular flexibility index (Phi) is 5.17. The molecule has 1 N–H and O–H groups in total. The molecule has 3 nitrogen and oxygen atoms in total. The fraction of sp³-hybridized carbons (Fsp3) is 0.600. The number of likely N-dealkylation sites (N-methyl/N-ethyl adjacent to an activating group) is 1. The first-order valence-electron chi connectivity index (χ1n) is 6.42. The van der Waals surface area contributed by atoms with E-state index in [2.05, 4.69) is 38.2 Å². The molecule has 1 aromatic rings. The van der Waals surface area contributed by atoms with E-state index in [1.165, 1.54) is 5.56 Å². The van der Waals surface area contributed by atoms with Crippen molar-refractivity contribution >= 4 is 0 Å². The maximum atomic E-state index is 5.86. The van der Waals surface area contributed by atoms with Crippen molar-refractivity contribution in [1.29, 1.82) is 0 Å². The van der Waals surface area contributed by atoms with Crippen molar-refractivity contribution in [2.45, 2.75) is 39.3 Å². The predicted octanol–water partition coefficient (Wildman–Crippen LogP) is 3.08. The van der Waals surface area contributed by atoms with E-state index in [1.54, 1.807) is 7.11 Å². The molecule has 0 bridgehead atoms. The third-order valence-electron chi connectivity index (χ3n) is 3.20. The van der Waals surface area contributed by atoms with Gasteiger partial charge in [-0.15, -0.1) is 0 Å². The SMILES string of the molecule is CCOC(C)(C)C(NC)c1cc(C)ccc1OC. The molecule has 102 valence electrons. The van der Waals surface area contributed by atoms with E-state index in [4.69, 9.17) is 9.47 Å². The van der Waals surface area contributed by atoms with Crippen LogP contribution in [0, 0.1) is 6.92 Å². The summed E-state index contributed by atoms with van der Waals surface area (Å²) in [5.74, 6) is 0.896. The normalized spacial score (nSPS) is 13.4. The summed E-state index contributed by atoms with van der Waals surface area (Å²) in [5, 5.41) is 3.34. The lowest BCUT2D eigenvalue weighted by molar-refractivity contribution is -0.0379. The van der Waals surface area contributed by atoms with Crippen LogP contribution < -0.4 is 10.1 Å². The number of aryl methyl sites for hydroxylation is 1. The monoisotopic (exact) mass is 251 g/mol. The van der Waals surface area contributed by atoms with Crippen molar-refractivity contribution in [3.05, 3.63) is 29.3 Å². The summed E-state index contributed by atoms with van der Waals surface area (Å²) >= 11 is 0. The fourth-order valence-corrected chi connectivity index (χ4v) is 2.41. The van der Waals surface area contributed by atoms with Gasteiger partial charge in [-0.2, -0.15) is 0 Å². The zero-order valence-corrected chi connectivity index (χ0v) is 12.3. The smallest absolute Gasteiger partial charge is 0.123 e. The van der Waals surface area contributed by atoms with Crippen LogP contribution in [-0.4, -0.2) is 26.4 Å². The van der Waals surface area contributed by atoms with Gasteiger partial charge >= 0.3 is 0 Å². The van der Waals surface area contributed by atoms with Crippen LogP contribution in [-0.2, 0) is 4.74 Å². The fourth-order valence-electron chi connectivity index (χ4n) is 2.41. The minimum Gasteiger partial charge on any atom is -0.496 e. The summed E-state index contributed by atoms with van der Waals surface area (Å²) in [7, 11) is 3.65. The minimum absolute atomic E-state index is 0.0901. The average Bonchev–Trinajstić information content (AvgIpc) is 2.29. The van der Waals surface area contributed by atoms with E-state index < -0.39 is 0 Å². The largest absolute Gasteiger partial charge is 0.496 e. The highest BCUT2D eigenvalue weighted by Gasteiger charge is 2.32. The molecule has 0 spiro atoms. The van der Waals surface area contributed by atoms with E-state index in [0.29, 0.717) is 6.61 Å². The van der Waals surface area contributed by atoms with Crippen LogP contribution in [0.15, 0.2) is 18.2 Å². The molecule has 0 fully saturated rings. The molecule has 18 heavy (non-hydrogen) atoms. The lowest BCUT2D eigenvalue weighted by Gasteiger charge is -2.35. The Morgan fingerprint density at radius 3 is 2.50 bits per heavy atom. The summed E-state index contributed by atoms with van der Waals surface area (Å²) in [6.07, 6.45) is 0. The number of hydrogen-bond donors (Lipinski definition) is 1. The van der Waals surface area contributed by atoms with Crippen LogP contribution in [0.5, 0.6) is 5.75 Å². The van der Waals surface area contributed by atoms with Crippen molar-refractivity contribution in [1.82, 2.24) is 5.32 Å². The Morgan fingerprint density at radius 1 is 1.33 bits per heavy atom. The molecule has 0 heterocycles. The first kappa shape index (κ1) is 15.0. The van der Waals surface area contributed by atoms with Gasteiger partial charge in [0.05, 0.1) is 18.8 Å². The minimum atomic E-state index is -0.287. The molecule has 1 rings (SSSR count). The number of ether oxygens (including phenoxy) is 2. The zero-order chi connectivity index (χ0) is 13.8. The highest BCUT2D eigenvalue weighted by Crippen LogP contribution is 2.34. The topological polar surface area (TPSA) is 30.5 Å². The number of hydrogen-bond acceptors (Lipinski definition) is 3. The second kappa shape index (κ2) is 6.21. The zero-order valence-electron chi connectivity index (χ0n) is 12.3. The predicted molar refractivity (Wildman–Crippen MR) is 75.2 cm³/mol. The lowest BCUT2D eigenvalue weighted by Crippen LogP contribution is -2.40. The van der Waals surface area contributed by atoms with E-state index in [-0.39, 0.29) is 11.6 Å². The Bertz CT molecular complexity index is 388. The molecule has 0 aromatic heterocycles. The first-order valence-corrected chi connectivity index (χ1v) is 6.42. The Labute approximate surface area is 110 Å². The number of nitrogens with one attached hydrogen (secondary N) is 1. The molecule has 0 aliphatic rings. The highest BCUT2D eigenvalue weighted by atomic mass is 16.5. The van der Waals surface area contributed by atoms with E-state index in [0.717, 1.165) is 11.3 Å². The van der Waals surface area contributed by atoms with Gasteiger partial charge in [-0.25, -0.2) is 0 Å². The van der Waals surface area contributed by atoms with Gasteiger partial charge in [-0.1, -0.05) is 17.7 Å². The molecule has 1 aromatic carbocycles. The first-order chi connectivity index (χ1) is 8.46. The molecule has 1 atom stereocenters. The van der Waals surface area contributed by atoms with E-state index >= 15 is 0 Å². The van der Waals surface area contributed by atoms with Crippen LogP contribution in [0.3, 0.4) is 0 Å². The molecule has 0 aliphatic carbocycles. The second-order valence-corrected chi connectivity index (χ2v) is 5.00. The van der Waals surface area contributed by atoms with Crippen molar-refractivity contribution in [3.63, 3.8) is 0 Å². The van der Waals surface area contributed by atoms with Crippen LogP contribution in [0.2, 0.25) is 0 Å². The number of rotatable bonds is 6. The van der Waals surface area contributed by atoms with Gasteiger partial charge in [-0.05, 0) is 40.8 Å². The van der Waals surface area contributed by atoms with Crippen molar-refractivity contribution < 1.29 is 9.47 Å². The molecular weight excluding hydrogens is 226 g/mol. The van der Waals surface area contributed by atoms with Gasteiger partial charge in [0.2, 0.25) is 0 Å². The molecule has 0 radical (unpaired) electrons.